The topological polar surface area (TPSA) is 73.5 Å². The first-order valence-electron chi connectivity index (χ1n) is 6.00. The Hall–Kier alpha value is -1.60. The van der Waals surface area contributed by atoms with E-state index in [0.29, 0.717) is 19.6 Å². The highest BCUT2D eigenvalue weighted by Crippen LogP contribution is 2.21. The van der Waals surface area contributed by atoms with Crippen molar-refractivity contribution in [3.63, 3.8) is 0 Å². The molecule has 0 bridgehead atoms. The molecule has 0 atom stereocenters. The molecule has 6 nitrogen and oxygen atoms in total. The van der Waals surface area contributed by atoms with Crippen molar-refractivity contribution in [2.45, 2.75) is 13.5 Å². The molecule has 1 rings (SSSR count). The lowest BCUT2D eigenvalue weighted by Crippen LogP contribution is -2.38. The van der Waals surface area contributed by atoms with Crippen LogP contribution < -0.4 is 16.0 Å². The standard InChI is InChI=1S/C12H20N4O2S/c1-9(17)15-10-4-7-19-11(10)8-13-5-6-14-12(18)16(2)3/h4,7,13H,5-6,8H2,1-3H3,(H,14,18)(H,15,17). The van der Waals surface area contributed by atoms with E-state index in [-0.39, 0.29) is 11.9 Å². The predicted molar refractivity (Wildman–Crippen MR) is 77.4 cm³/mol. The number of anilines is 1. The first-order valence-corrected chi connectivity index (χ1v) is 6.88. The number of nitrogens with zero attached hydrogens (tertiary/aromatic N) is 1. The molecule has 0 aliphatic heterocycles. The van der Waals surface area contributed by atoms with Gasteiger partial charge in [-0.15, -0.1) is 11.3 Å². The van der Waals surface area contributed by atoms with Crippen molar-refractivity contribution in [3.05, 3.63) is 16.3 Å². The number of rotatable bonds is 6. The smallest absolute Gasteiger partial charge is 0.316 e. The summed E-state index contributed by atoms with van der Waals surface area (Å²) < 4.78 is 0. The van der Waals surface area contributed by atoms with Crippen LogP contribution in [-0.2, 0) is 11.3 Å². The lowest BCUT2D eigenvalue weighted by molar-refractivity contribution is -0.114. The minimum atomic E-state index is -0.100. The lowest BCUT2D eigenvalue weighted by atomic mass is 10.3. The van der Waals surface area contributed by atoms with Gasteiger partial charge in [0.05, 0.1) is 5.69 Å². The summed E-state index contributed by atoms with van der Waals surface area (Å²) in [6, 6.07) is 1.79. The molecule has 3 N–H and O–H groups in total. The molecule has 106 valence electrons. The number of urea groups is 1. The molecule has 0 saturated carbocycles. The second-order valence-electron chi connectivity index (χ2n) is 4.24. The van der Waals surface area contributed by atoms with E-state index in [2.05, 4.69) is 16.0 Å². The van der Waals surface area contributed by atoms with Gasteiger partial charge in [-0.3, -0.25) is 4.79 Å². The SMILES string of the molecule is CC(=O)Nc1ccsc1CNCCNC(=O)N(C)C. The molecule has 0 saturated heterocycles. The average molecular weight is 284 g/mol. The van der Waals surface area contributed by atoms with Gasteiger partial charge in [0, 0.05) is 45.5 Å². The monoisotopic (exact) mass is 284 g/mol. The number of thiophene rings is 1. The number of amides is 3. The number of carbonyl (C=O) groups is 2. The van der Waals surface area contributed by atoms with E-state index in [0.717, 1.165) is 10.6 Å². The van der Waals surface area contributed by atoms with Crippen molar-refractivity contribution in [2.75, 3.05) is 32.5 Å². The molecular weight excluding hydrogens is 264 g/mol. The van der Waals surface area contributed by atoms with Crippen LogP contribution in [0.1, 0.15) is 11.8 Å². The van der Waals surface area contributed by atoms with E-state index in [1.807, 2.05) is 11.4 Å². The maximum absolute atomic E-state index is 11.3. The third kappa shape index (κ3) is 5.71. The Bertz CT molecular complexity index is 431. The lowest BCUT2D eigenvalue weighted by Gasteiger charge is -2.12. The van der Waals surface area contributed by atoms with Gasteiger partial charge >= 0.3 is 6.03 Å². The molecule has 1 heterocycles. The summed E-state index contributed by atoms with van der Waals surface area (Å²) in [7, 11) is 3.40. The van der Waals surface area contributed by atoms with Gasteiger partial charge in [0.2, 0.25) is 5.91 Å². The van der Waals surface area contributed by atoms with Gasteiger partial charge in [-0.2, -0.15) is 0 Å². The zero-order chi connectivity index (χ0) is 14.3. The van der Waals surface area contributed by atoms with Crippen molar-refractivity contribution in [1.29, 1.82) is 0 Å². The Morgan fingerprint density at radius 2 is 2.05 bits per heavy atom. The van der Waals surface area contributed by atoms with Gasteiger partial charge in [-0.1, -0.05) is 0 Å². The van der Waals surface area contributed by atoms with Gasteiger partial charge in [0.25, 0.3) is 0 Å². The molecule has 0 radical (unpaired) electrons. The normalized spacial score (nSPS) is 10.1. The summed E-state index contributed by atoms with van der Waals surface area (Å²) in [5.41, 5.74) is 0.849. The summed E-state index contributed by atoms with van der Waals surface area (Å²) in [6.45, 7) is 3.41. The maximum atomic E-state index is 11.3. The minimum absolute atomic E-state index is 0.0714. The summed E-state index contributed by atoms with van der Waals surface area (Å²) in [5, 5.41) is 10.7. The molecule has 3 amide bonds. The second kappa shape index (κ2) is 7.75. The molecule has 0 fully saturated rings. The van der Waals surface area contributed by atoms with E-state index >= 15 is 0 Å². The quantitative estimate of drug-likeness (QED) is 0.684. The highest BCUT2D eigenvalue weighted by Gasteiger charge is 2.05. The molecule has 7 heteroatoms. The number of nitrogens with one attached hydrogen (secondary N) is 3. The van der Waals surface area contributed by atoms with Crippen LogP contribution in [0.2, 0.25) is 0 Å². The highest BCUT2D eigenvalue weighted by molar-refractivity contribution is 7.10. The fourth-order valence-electron chi connectivity index (χ4n) is 1.40. The van der Waals surface area contributed by atoms with Crippen LogP contribution in [-0.4, -0.2) is 44.0 Å². The zero-order valence-corrected chi connectivity index (χ0v) is 12.3. The molecule has 0 aliphatic rings. The largest absolute Gasteiger partial charge is 0.337 e. The van der Waals surface area contributed by atoms with Crippen molar-refractivity contribution in [1.82, 2.24) is 15.5 Å². The number of hydrogen-bond acceptors (Lipinski definition) is 4. The van der Waals surface area contributed by atoms with Crippen molar-refractivity contribution < 1.29 is 9.59 Å². The van der Waals surface area contributed by atoms with Gasteiger partial charge < -0.3 is 20.9 Å². The Kier molecular flexibility index (Phi) is 6.31. The first kappa shape index (κ1) is 15.5. The molecule has 1 aromatic rings. The molecule has 0 unspecified atom stereocenters. The maximum Gasteiger partial charge on any atom is 0.316 e. The van der Waals surface area contributed by atoms with E-state index in [4.69, 9.17) is 0 Å². The van der Waals surface area contributed by atoms with Crippen molar-refractivity contribution >= 4 is 29.0 Å². The Morgan fingerprint density at radius 3 is 2.68 bits per heavy atom. The van der Waals surface area contributed by atoms with E-state index in [1.54, 1.807) is 25.4 Å². The Morgan fingerprint density at radius 1 is 1.32 bits per heavy atom. The highest BCUT2D eigenvalue weighted by atomic mass is 32.1. The summed E-state index contributed by atoms with van der Waals surface area (Å²) in [5.74, 6) is -0.0714. The average Bonchev–Trinajstić information content (AvgIpc) is 2.75. The van der Waals surface area contributed by atoms with Crippen LogP contribution in [0.4, 0.5) is 10.5 Å². The van der Waals surface area contributed by atoms with Crippen molar-refractivity contribution in [3.8, 4) is 0 Å². The number of hydrogen-bond donors (Lipinski definition) is 3. The Balaban J connectivity index is 2.24. The molecule has 0 aromatic carbocycles. The van der Waals surface area contributed by atoms with Crippen LogP contribution in [0.5, 0.6) is 0 Å². The van der Waals surface area contributed by atoms with Gasteiger partial charge in [0.1, 0.15) is 0 Å². The Labute approximate surface area is 117 Å². The molecule has 0 aliphatic carbocycles. The van der Waals surface area contributed by atoms with Crippen LogP contribution in [0.15, 0.2) is 11.4 Å². The molecule has 1 aromatic heterocycles. The van der Waals surface area contributed by atoms with E-state index < -0.39 is 0 Å². The second-order valence-corrected chi connectivity index (χ2v) is 5.24. The van der Waals surface area contributed by atoms with Gasteiger partial charge in [-0.25, -0.2) is 4.79 Å². The summed E-state index contributed by atoms with van der Waals surface area (Å²) in [6.07, 6.45) is 0. The summed E-state index contributed by atoms with van der Waals surface area (Å²) in [4.78, 5) is 24.8. The van der Waals surface area contributed by atoms with Crippen LogP contribution >= 0.6 is 11.3 Å². The van der Waals surface area contributed by atoms with Gasteiger partial charge in [0.15, 0.2) is 0 Å². The predicted octanol–water partition coefficient (Wildman–Crippen LogP) is 1.07. The van der Waals surface area contributed by atoms with Crippen molar-refractivity contribution in [2.24, 2.45) is 0 Å². The van der Waals surface area contributed by atoms with E-state index in [9.17, 15) is 9.59 Å². The van der Waals surface area contributed by atoms with E-state index in [1.165, 1.54) is 11.8 Å². The third-order valence-corrected chi connectivity index (χ3v) is 3.25. The van der Waals surface area contributed by atoms with Gasteiger partial charge in [-0.05, 0) is 11.4 Å². The van der Waals surface area contributed by atoms with Crippen LogP contribution in [0.3, 0.4) is 0 Å². The molecule has 0 spiro atoms. The zero-order valence-electron chi connectivity index (χ0n) is 11.4. The fraction of sp³-hybridized carbons (Fsp3) is 0.500. The van der Waals surface area contributed by atoms with Crippen LogP contribution in [0, 0.1) is 0 Å². The third-order valence-electron chi connectivity index (χ3n) is 2.33. The first-order chi connectivity index (χ1) is 9.00. The molecular formula is C12H20N4O2S. The fourth-order valence-corrected chi connectivity index (χ4v) is 2.20. The summed E-state index contributed by atoms with van der Waals surface area (Å²) >= 11 is 1.59. The molecule has 19 heavy (non-hydrogen) atoms. The van der Waals surface area contributed by atoms with Crippen LogP contribution in [0.25, 0.3) is 0 Å². The minimum Gasteiger partial charge on any atom is -0.337 e. The number of carbonyl (C=O) groups excluding carboxylic acids is 2.